The van der Waals surface area contributed by atoms with E-state index in [0.717, 1.165) is 4.57 Å². The van der Waals surface area contributed by atoms with Crippen LogP contribution in [0.5, 0.6) is 0 Å². The van der Waals surface area contributed by atoms with Crippen LogP contribution in [-0.2, 0) is 19.6 Å². The Balaban J connectivity index is 2.27. The minimum absolute atomic E-state index is 0.124. The van der Waals surface area contributed by atoms with Crippen LogP contribution in [0.2, 0.25) is 0 Å². The van der Waals surface area contributed by atoms with Gasteiger partial charge in [-0.1, -0.05) is 12.1 Å². The number of fused-ring (bicyclic) bond motifs is 1. The van der Waals surface area contributed by atoms with Gasteiger partial charge in [-0.15, -0.1) is 0 Å². The van der Waals surface area contributed by atoms with Gasteiger partial charge in [0.1, 0.15) is 5.52 Å². The number of halogens is 3. The quantitative estimate of drug-likeness (QED) is 0.727. The monoisotopic (exact) mass is 297 g/mol. The van der Waals surface area contributed by atoms with E-state index in [1.807, 2.05) is 6.92 Å². The summed E-state index contributed by atoms with van der Waals surface area (Å²) < 4.78 is 44.8. The van der Waals surface area contributed by atoms with Crippen molar-refractivity contribution in [3.05, 3.63) is 24.0 Å². The van der Waals surface area contributed by atoms with Gasteiger partial charge in [-0.25, -0.2) is 4.98 Å². The van der Waals surface area contributed by atoms with Crippen LogP contribution in [0.25, 0.3) is 22.5 Å². The van der Waals surface area contributed by atoms with E-state index in [9.17, 15) is 13.2 Å². The first-order valence-electron chi connectivity index (χ1n) is 6.12. The molecule has 0 unspecified atom stereocenters. The molecule has 0 amide bonds. The lowest BCUT2D eigenvalue weighted by molar-refractivity contribution is -0.146. The summed E-state index contributed by atoms with van der Waals surface area (Å²) in [7, 11) is 1.29. The van der Waals surface area contributed by atoms with E-state index < -0.39 is 12.0 Å². The molecule has 3 heterocycles. The number of pyridine rings is 1. The van der Waals surface area contributed by atoms with Crippen LogP contribution >= 0.6 is 0 Å². The third-order valence-electron chi connectivity index (χ3n) is 3.05. The molecule has 0 aromatic carbocycles. The second kappa shape index (κ2) is 4.54. The summed E-state index contributed by atoms with van der Waals surface area (Å²) in [6, 6.07) is 0. The van der Waals surface area contributed by atoms with Crippen molar-refractivity contribution in [3.8, 4) is 11.5 Å². The van der Waals surface area contributed by atoms with Gasteiger partial charge in [-0.05, 0) is 0 Å². The molecule has 6 nitrogen and oxygen atoms in total. The van der Waals surface area contributed by atoms with Gasteiger partial charge in [0.05, 0.1) is 17.3 Å². The van der Waals surface area contributed by atoms with Crippen LogP contribution < -0.4 is 0 Å². The molecule has 0 bridgehead atoms. The normalized spacial score (nSPS) is 12.2. The predicted octanol–water partition coefficient (Wildman–Crippen LogP) is 2.60. The second-order valence-electron chi connectivity index (χ2n) is 4.42. The van der Waals surface area contributed by atoms with Gasteiger partial charge in [0, 0.05) is 19.7 Å². The van der Waals surface area contributed by atoms with Gasteiger partial charge in [-0.3, -0.25) is 4.98 Å². The second-order valence-corrected chi connectivity index (χ2v) is 4.42. The molecule has 0 atom stereocenters. The Kier molecular flexibility index (Phi) is 2.92. The molecule has 3 aromatic heterocycles. The lowest BCUT2D eigenvalue weighted by atomic mass is 10.2. The van der Waals surface area contributed by atoms with Crippen molar-refractivity contribution >= 4 is 11.0 Å². The topological polar surface area (TPSA) is 69.6 Å². The highest BCUT2D eigenvalue weighted by molar-refractivity contribution is 5.89. The maximum Gasteiger partial charge on any atom is 0.449 e. The fourth-order valence-corrected chi connectivity index (χ4v) is 2.09. The first-order valence-corrected chi connectivity index (χ1v) is 6.12. The zero-order chi connectivity index (χ0) is 15.2. The Hall–Kier alpha value is -2.45. The van der Waals surface area contributed by atoms with Gasteiger partial charge in [0.15, 0.2) is 5.82 Å². The van der Waals surface area contributed by atoms with Crippen molar-refractivity contribution in [1.29, 1.82) is 0 Å². The molecule has 9 heteroatoms. The van der Waals surface area contributed by atoms with E-state index in [0.29, 0.717) is 17.8 Å². The summed E-state index contributed by atoms with van der Waals surface area (Å²) in [5, 5.41) is 3.74. The van der Waals surface area contributed by atoms with Crippen LogP contribution in [0.3, 0.4) is 0 Å². The predicted molar refractivity (Wildman–Crippen MR) is 66.2 cm³/mol. The van der Waals surface area contributed by atoms with E-state index >= 15 is 0 Å². The molecule has 0 radical (unpaired) electrons. The molecule has 0 saturated carbocycles. The fraction of sp³-hybridized carbons (Fsp3) is 0.333. The van der Waals surface area contributed by atoms with Gasteiger partial charge < -0.3 is 9.09 Å². The number of imidazole rings is 1. The number of hydrogen-bond donors (Lipinski definition) is 0. The molecule has 0 saturated heterocycles. The smallest absolute Gasteiger partial charge is 0.334 e. The van der Waals surface area contributed by atoms with E-state index in [-0.39, 0.29) is 16.9 Å². The van der Waals surface area contributed by atoms with Crippen LogP contribution in [-0.4, -0.2) is 24.7 Å². The highest BCUT2D eigenvalue weighted by Crippen LogP contribution is 2.33. The zero-order valence-corrected chi connectivity index (χ0v) is 11.1. The highest BCUT2D eigenvalue weighted by atomic mass is 19.4. The van der Waals surface area contributed by atoms with Crippen molar-refractivity contribution in [2.75, 3.05) is 0 Å². The maximum atomic E-state index is 12.9. The summed E-state index contributed by atoms with van der Waals surface area (Å²) >= 11 is 0. The molecule has 3 aromatic rings. The largest absolute Gasteiger partial charge is 0.449 e. The van der Waals surface area contributed by atoms with Crippen LogP contribution in [0, 0.1) is 0 Å². The third-order valence-corrected chi connectivity index (χ3v) is 3.05. The lowest BCUT2D eigenvalue weighted by Crippen LogP contribution is -2.12. The highest BCUT2D eigenvalue weighted by Gasteiger charge is 2.37. The average molecular weight is 297 g/mol. The zero-order valence-electron chi connectivity index (χ0n) is 11.1. The average Bonchev–Trinajstić information content (AvgIpc) is 3.03. The lowest BCUT2D eigenvalue weighted by Gasteiger charge is -2.06. The standard InChI is InChI=1S/C12H10F3N5O/c1-3-8-18-10(21-19-8)6-4-16-5-7-9(6)20(2)11(17-7)12(13,14)15/h4-5H,3H2,1-2H3. The number of alkyl halides is 3. The van der Waals surface area contributed by atoms with E-state index in [1.165, 1.54) is 19.4 Å². The molecule has 0 N–H and O–H groups in total. The molecule has 21 heavy (non-hydrogen) atoms. The number of rotatable bonds is 2. The third kappa shape index (κ3) is 2.14. The summed E-state index contributed by atoms with van der Waals surface area (Å²) in [6.45, 7) is 1.85. The van der Waals surface area contributed by atoms with Crippen molar-refractivity contribution in [1.82, 2.24) is 24.7 Å². The molecular weight excluding hydrogens is 287 g/mol. The van der Waals surface area contributed by atoms with Gasteiger partial charge in [0.25, 0.3) is 5.89 Å². The molecule has 0 aliphatic rings. The molecule has 3 rings (SSSR count). The Morgan fingerprint density at radius 1 is 1.24 bits per heavy atom. The van der Waals surface area contributed by atoms with Crippen LogP contribution in [0.4, 0.5) is 13.2 Å². The Labute approximate surface area is 116 Å². The van der Waals surface area contributed by atoms with E-state index in [4.69, 9.17) is 4.52 Å². The number of nitrogens with zero attached hydrogens (tertiary/aromatic N) is 5. The maximum absolute atomic E-state index is 12.9. The van der Waals surface area contributed by atoms with Crippen molar-refractivity contribution in [3.63, 3.8) is 0 Å². The molecule has 0 aliphatic carbocycles. The fourth-order valence-electron chi connectivity index (χ4n) is 2.09. The molecule has 0 aliphatic heterocycles. The SMILES string of the molecule is CCc1noc(-c2cncc3nc(C(F)(F)F)n(C)c23)n1. The van der Waals surface area contributed by atoms with E-state index in [2.05, 4.69) is 20.1 Å². The van der Waals surface area contributed by atoms with Crippen molar-refractivity contribution < 1.29 is 17.7 Å². The van der Waals surface area contributed by atoms with Gasteiger partial charge in [-0.2, -0.15) is 18.2 Å². The Morgan fingerprint density at radius 3 is 2.62 bits per heavy atom. The Morgan fingerprint density at radius 2 is 2.00 bits per heavy atom. The molecular formula is C12H10F3N5O. The Bertz CT molecular complexity index is 805. The summed E-state index contributed by atoms with van der Waals surface area (Å²) in [5.41, 5.74) is 0.701. The number of hydrogen-bond acceptors (Lipinski definition) is 5. The van der Waals surface area contributed by atoms with Gasteiger partial charge >= 0.3 is 6.18 Å². The molecule has 0 spiro atoms. The minimum atomic E-state index is -4.55. The number of aryl methyl sites for hydroxylation is 2. The van der Waals surface area contributed by atoms with Gasteiger partial charge in [0.2, 0.25) is 5.82 Å². The van der Waals surface area contributed by atoms with Crippen LogP contribution in [0.1, 0.15) is 18.6 Å². The summed E-state index contributed by atoms with van der Waals surface area (Å²) in [4.78, 5) is 11.6. The first kappa shape index (κ1) is 13.5. The summed E-state index contributed by atoms with van der Waals surface area (Å²) in [5.74, 6) is -0.399. The van der Waals surface area contributed by atoms with E-state index in [1.54, 1.807) is 0 Å². The summed E-state index contributed by atoms with van der Waals surface area (Å²) in [6.07, 6.45) is -1.33. The number of aromatic nitrogens is 5. The van der Waals surface area contributed by atoms with Crippen molar-refractivity contribution in [2.45, 2.75) is 19.5 Å². The first-order chi connectivity index (χ1) is 9.91. The molecule has 0 fully saturated rings. The van der Waals surface area contributed by atoms with Crippen LogP contribution in [0.15, 0.2) is 16.9 Å². The molecule has 110 valence electrons. The van der Waals surface area contributed by atoms with Crippen molar-refractivity contribution in [2.24, 2.45) is 7.05 Å². The minimum Gasteiger partial charge on any atom is -0.334 e.